The maximum atomic E-state index is 5.32. The van der Waals surface area contributed by atoms with Gasteiger partial charge in [-0.2, -0.15) is 0 Å². The molecule has 1 aliphatic heterocycles. The number of hydrogen-bond acceptors (Lipinski definition) is 1. The van der Waals surface area contributed by atoms with Gasteiger partial charge in [0.05, 0.1) is 12.7 Å². The molecule has 0 aromatic carbocycles. The first-order valence-corrected chi connectivity index (χ1v) is 3.74. The second-order valence-corrected chi connectivity index (χ2v) is 2.50. The second-order valence-electron chi connectivity index (χ2n) is 2.25. The molecular weight excluding hydrogens is 136 g/mol. The quantitative estimate of drug-likeness (QED) is 0.438. The number of halogens is 1. The number of epoxide rings is 1. The molecular formula is C7H11ClO. The first-order valence-electron chi connectivity index (χ1n) is 3.30. The molecule has 0 bridgehead atoms. The normalized spacial score (nSPS) is 25.2. The minimum absolute atomic E-state index is 0.578. The highest BCUT2D eigenvalue weighted by atomic mass is 35.5. The van der Waals surface area contributed by atoms with Gasteiger partial charge in [-0.05, 0) is 19.3 Å². The number of allylic oxidation sites excluding steroid dienone is 1. The number of ether oxygens (including phenoxy) is 1. The molecule has 0 aliphatic carbocycles. The summed E-state index contributed by atoms with van der Waals surface area (Å²) in [7, 11) is 0. The van der Waals surface area contributed by atoms with Crippen LogP contribution < -0.4 is 0 Å². The van der Waals surface area contributed by atoms with Crippen LogP contribution in [-0.2, 0) is 4.74 Å². The van der Waals surface area contributed by atoms with Gasteiger partial charge in [-0.15, -0.1) is 0 Å². The van der Waals surface area contributed by atoms with E-state index in [1.165, 1.54) is 12.8 Å². The molecule has 1 nitrogen and oxygen atoms in total. The third-order valence-corrected chi connectivity index (χ3v) is 1.57. The molecule has 1 saturated heterocycles. The molecule has 9 heavy (non-hydrogen) atoms. The van der Waals surface area contributed by atoms with Crippen molar-refractivity contribution in [3.63, 3.8) is 0 Å². The van der Waals surface area contributed by atoms with Crippen LogP contribution >= 0.6 is 11.6 Å². The van der Waals surface area contributed by atoms with Crippen molar-refractivity contribution >= 4 is 11.6 Å². The third kappa shape index (κ3) is 3.55. The van der Waals surface area contributed by atoms with E-state index in [1.54, 1.807) is 5.54 Å². The molecule has 0 radical (unpaired) electrons. The maximum absolute atomic E-state index is 5.32. The zero-order chi connectivity index (χ0) is 6.53. The van der Waals surface area contributed by atoms with Gasteiger partial charge >= 0.3 is 0 Å². The Morgan fingerprint density at radius 1 is 1.67 bits per heavy atom. The first-order chi connectivity index (χ1) is 4.43. The smallest absolute Gasteiger partial charge is 0.0810 e. The van der Waals surface area contributed by atoms with E-state index in [9.17, 15) is 0 Å². The second kappa shape index (κ2) is 3.91. The first kappa shape index (κ1) is 7.10. The summed E-state index contributed by atoms with van der Waals surface area (Å²) < 4.78 is 5.03. The molecule has 52 valence electrons. The molecule has 1 atom stereocenters. The van der Waals surface area contributed by atoms with Gasteiger partial charge in [0.2, 0.25) is 0 Å². The van der Waals surface area contributed by atoms with E-state index in [-0.39, 0.29) is 0 Å². The highest BCUT2D eigenvalue weighted by molar-refractivity contribution is 6.25. The fraction of sp³-hybridized carbons (Fsp3) is 0.714. The Morgan fingerprint density at radius 2 is 2.44 bits per heavy atom. The fourth-order valence-electron chi connectivity index (χ4n) is 0.761. The van der Waals surface area contributed by atoms with E-state index >= 15 is 0 Å². The van der Waals surface area contributed by atoms with Gasteiger partial charge in [-0.25, -0.2) is 0 Å². The van der Waals surface area contributed by atoms with Gasteiger partial charge in [0.15, 0.2) is 0 Å². The third-order valence-electron chi connectivity index (χ3n) is 1.39. The van der Waals surface area contributed by atoms with E-state index in [4.69, 9.17) is 16.3 Å². The van der Waals surface area contributed by atoms with Crippen LogP contribution in [0.25, 0.3) is 0 Å². The van der Waals surface area contributed by atoms with E-state index in [2.05, 4.69) is 0 Å². The Bertz CT molecular complexity index is 97.1. The van der Waals surface area contributed by atoms with Crippen LogP contribution in [0.4, 0.5) is 0 Å². The monoisotopic (exact) mass is 146 g/mol. The summed E-state index contributed by atoms with van der Waals surface area (Å²) in [5.74, 6) is 0. The van der Waals surface area contributed by atoms with Crippen molar-refractivity contribution in [3.8, 4) is 0 Å². The van der Waals surface area contributed by atoms with Gasteiger partial charge in [-0.3, -0.25) is 0 Å². The minimum Gasteiger partial charge on any atom is -0.373 e. The van der Waals surface area contributed by atoms with Crippen molar-refractivity contribution in [1.29, 1.82) is 0 Å². The summed E-state index contributed by atoms with van der Waals surface area (Å²) >= 11 is 5.32. The van der Waals surface area contributed by atoms with Crippen LogP contribution in [0.3, 0.4) is 0 Å². The van der Waals surface area contributed by atoms with Gasteiger partial charge in [0.1, 0.15) is 0 Å². The van der Waals surface area contributed by atoms with Crippen molar-refractivity contribution in [2.75, 3.05) is 6.61 Å². The predicted molar refractivity (Wildman–Crippen MR) is 38.6 cm³/mol. The zero-order valence-corrected chi connectivity index (χ0v) is 6.10. The molecule has 1 unspecified atom stereocenters. The van der Waals surface area contributed by atoms with E-state index in [1.807, 2.05) is 6.08 Å². The van der Waals surface area contributed by atoms with Crippen molar-refractivity contribution in [3.05, 3.63) is 11.6 Å². The lowest BCUT2D eigenvalue weighted by Crippen LogP contribution is -1.82. The highest BCUT2D eigenvalue weighted by Gasteiger charge is 2.20. The SMILES string of the molecule is Cl/C=C/CCCC1CO1. The lowest BCUT2D eigenvalue weighted by molar-refractivity contribution is 0.392. The summed E-state index contributed by atoms with van der Waals surface area (Å²) in [6.07, 6.45) is 6.04. The van der Waals surface area contributed by atoms with Crippen LogP contribution in [0.15, 0.2) is 11.6 Å². The molecule has 0 N–H and O–H groups in total. The molecule has 1 fully saturated rings. The van der Waals surface area contributed by atoms with Crippen LogP contribution in [0, 0.1) is 0 Å². The van der Waals surface area contributed by atoms with Crippen LogP contribution in [0.1, 0.15) is 19.3 Å². The van der Waals surface area contributed by atoms with E-state index in [0.717, 1.165) is 13.0 Å². The summed E-state index contributed by atoms with van der Waals surface area (Å²) in [5, 5.41) is 0. The predicted octanol–water partition coefficient (Wildman–Crippen LogP) is 2.31. The lowest BCUT2D eigenvalue weighted by Gasteiger charge is -1.88. The number of unbranched alkanes of at least 4 members (excludes halogenated alkanes) is 1. The Labute approximate surface area is 60.7 Å². The fourth-order valence-corrected chi connectivity index (χ4v) is 0.887. The summed E-state index contributed by atoms with van der Waals surface area (Å²) in [5.41, 5.74) is 1.58. The Morgan fingerprint density at radius 3 is 3.00 bits per heavy atom. The molecule has 0 spiro atoms. The molecule has 0 amide bonds. The maximum Gasteiger partial charge on any atom is 0.0810 e. The van der Waals surface area contributed by atoms with Crippen LogP contribution in [0.2, 0.25) is 0 Å². The summed E-state index contributed by atoms with van der Waals surface area (Å²) in [4.78, 5) is 0. The molecule has 2 heteroatoms. The van der Waals surface area contributed by atoms with Gasteiger partial charge in [-0.1, -0.05) is 17.7 Å². The van der Waals surface area contributed by atoms with Crippen molar-refractivity contribution in [2.45, 2.75) is 25.4 Å². The molecule has 1 aliphatic rings. The van der Waals surface area contributed by atoms with Crippen molar-refractivity contribution in [1.82, 2.24) is 0 Å². The Kier molecular flexibility index (Phi) is 3.09. The van der Waals surface area contributed by atoms with Gasteiger partial charge < -0.3 is 4.74 Å². The van der Waals surface area contributed by atoms with Crippen LogP contribution in [-0.4, -0.2) is 12.7 Å². The Balaban J connectivity index is 1.81. The largest absolute Gasteiger partial charge is 0.373 e. The van der Waals surface area contributed by atoms with Gasteiger partial charge in [0.25, 0.3) is 0 Å². The standard InChI is InChI=1S/C7H11ClO/c8-5-3-1-2-4-7-6-9-7/h3,5,7H,1-2,4,6H2/b5-3+. The number of hydrogen-bond donors (Lipinski definition) is 0. The average molecular weight is 147 g/mol. The minimum atomic E-state index is 0.578. The topological polar surface area (TPSA) is 12.5 Å². The summed E-state index contributed by atoms with van der Waals surface area (Å²) in [6, 6.07) is 0. The molecule has 0 aromatic rings. The molecule has 0 saturated carbocycles. The van der Waals surface area contributed by atoms with Gasteiger partial charge in [0, 0.05) is 5.54 Å². The van der Waals surface area contributed by atoms with Crippen LogP contribution in [0.5, 0.6) is 0 Å². The zero-order valence-electron chi connectivity index (χ0n) is 5.35. The molecule has 1 rings (SSSR count). The average Bonchev–Trinajstić information content (AvgIpc) is 2.63. The Hall–Kier alpha value is -0.0100. The number of rotatable bonds is 4. The van der Waals surface area contributed by atoms with Crippen molar-refractivity contribution < 1.29 is 4.74 Å². The lowest BCUT2D eigenvalue weighted by atomic mass is 10.2. The molecule has 1 heterocycles. The van der Waals surface area contributed by atoms with E-state index in [0.29, 0.717) is 6.10 Å². The van der Waals surface area contributed by atoms with E-state index < -0.39 is 0 Å². The molecule has 0 aromatic heterocycles. The van der Waals surface area contributed by atoms with Crippen molar-refractivity contribution in [2.24, 2.45) is 0 Å². The highest BCUT2D eigenvalue weighted by Crippen LogP contribution is 2.16. The summed E-state index contributed by atoms with van der Waals surface area (Å²) in [6.45, 7) is 0.977.